The third-order valence-electron chi connectivity index (χ3n) is 4.07. The SMILES string of the molecule is CNC(=O)C(NC(=O)CCS(=O)(=O)c1ccc(C)cc1)c1ccc(F)c(F)c1. The summed E-state index contributed by atoms with van der Waals surface area (Å²) in [6.45, 7) is 1.82. The first-order chi connectivity index (χ1) is 13.1. The van der Waals surface area contributed by atoms with Crippen molar-refractivity contribution < 1.29 is 26.8 Å². The maximum Gasteiger partial charge on any atom is 0.246 e. The van der Waals surface area contributed by atoms with Gasteiger partial charge in [-0.25, -0.2) is 17.2 Å². The van der Waals surface area contributed by atoms with Gasteiger partial charge in [0.15, 0.2) is 21.5 Å². The minimum atomic E-state index is -3.68. The van der Waals surface area contributed by atoms with Crippen molar-refractivity contribution >= 4 is 21.7 Å². The number of hydrogen-bond acceptors (Lipinski definition) is 4. The summed E-state index contributed by atoms with van der Waals surface area (Å²) < 4.78 is 51.2. The van der Waals surface area contributed by atoms with Crippen LogP contribution < -0.4 is 10.6 Å². The van der Waals surface area contributed by atoms with E-state index >= 15 is 0 Å². The lowest BCUT2D eigenvalue weighted by Crippen LogP contribution is -2.39. The Morgan fingerprint density at radius 2 is 1.68 bits per heavy atom. The second kappa shape index (κ2) is 8.92. The lowest BCUT2D eigenvalue weighted by molar-refractivity contribution is -0.128. The van der Waals surface area contributed by atoms with E-state index in [1.807, 2.05) is 6.92 Å². The largest absolute Gasteiger partial charge is 0.357 e. The van der Waals surface area contributed by atoms with Gasteiger partial charge in [-0.2, -0.15) is 0 Å². The highest BCUT2D eigenvalue weighted by Crippen LogP contribution is 2.18. The summed E-state index contributed by atoms with van der Waals surface area (Å²) in [5.74, 6) is -4.08. The van der Waals surface area contributed by atoms with Crippen molar-refractivity contribution in [2.75, 3.05) is 12.8 Å². The summed E-state index contributed by atoms with van der Waals surface area (Å²) in [6.07, 6.45) is -0.395. The van der Waals surface area contributed by atoms with Crippen LogP contribution in [0.25, 0.3) is 0 Å². The van der Waals surface area contributed by atoms with Gasteiger partial charge in [0.1, 0.15) is 6.04 Å². The summed E-state index contributed by atoms with van der Waals surface area (Å²) in [7, 11) is -2.36. The molecule has 1 unspecified atom stereocenters. The number of likely N-dealkylation sites (N-methyl/N-ethyl adjacent to an activating group) is 1. The highest BCUT2D eigenvalue weighted by Gasteiger charge is 2.24. The number of benzene rings is 2. The predicted octanol–water partition coefficient (Wildman–Crippen LogP) is 2.04. The molecule has 0 aromatic heterocycles. The van der Waals surface area contributed by atoms with E-state index in [0.29, 0.717) is 0 Å². The first-order valence-electron chi connectivity index (χ1n) is 8.39. The topological polar surface area (TPSA) is 92.3 Å². The molecule has 2 aromatic rings. The summed E-state index contributed by atoms with van der Waals surface area (Å²) >= 11 is 0. The van der Waals surface area contributed by atoms with E-state index in [9.17, 15) is 26.8 Å². The number of amides is 2. The molecular weight excluding hydrogens is 390 g/mol. The molecule has 9 heteroatoms. The molecule has 0 radical (unpaired) electrons. The Hall–Kier alpha value is -2.81. The molecule has 2 amide bonds. The van der Waals surface area contributed by atoms with E-state index < -0.39 is 51.5 Å². The molecule has 0 spiro atoms. The number of carbonyl (C=O) groups is 2. The number of aryl methyl sites for hydroxylation is 1. The van der Waals surface area contributed by atoms with Gasteiger partial charge in [-0.15, -0.1) is 0 Å². The van der Waals surface area contributed by atoms with Gasteiger partial charge in [0.05, 0.1) is 10.6 Å². The monoisotopic (exact) mass is 410 g/mol. The fourth-order valence-electron chi connectivity index (χ4n) is 2.46. The Morgan fingerprint density at radius 3 is 2.25 bits per heavy atom. The third-order valence-corrected chi connectivity index (χ3v) is 5.80. The Balaban J connectivity index is 2.10. The molecule has 0 aliphatic heterocycles. The second-order valence-corrected chi connectivity index (χ2v) is 8.28. The molecule has 0 aliphatic carbocycles. The summed E-state index contributed by atoms with van der Waals surface area (Å²) in [5, 5.41) is 4.68. The van der Waals surface area contributed by atoms with E-state index in [2.05, 4.69) is 10.6 Å². The lowest BCUT2D eigenvalue weighted by Gasteiger charge is -2.18. The Morgan fingerprint density at radius 1 is 1.04 bits per heavy atom. The molecule has 2 N–H and O–H groups in total. The number of nitrogens with one attached hydrogen (secondary N) is 2. The van der Waals surface area contributed by atoms with Gasteiger partial charge in [0.2, 0.25) is 11.8 Å². The van der Waals surface area contributed by atoms with Crippen molar-refractivity contribution in [2.24, 2.45) is 0 Å². The predicted molar refractivity (Wildman–Crippen MR) is 99.2 cm³/mol. The number of sulfone groups is 1. The maximum atomic E-state index is 13.5. The Bertz CT molecular complexity index is 976. The van der Waals surface area contributed by atoms with E-state index in [4.69, 9.17) is 0 Å². The molecule has 0 bridgehead atoms. The van der Waals surface area contributed by atoms with Crippen LogP contribution in [0.1, 0.15) is 23.6 Å². The number of carbonyl (C=O) groups excluding carboxylic acids is 2. The minimum absolute atomic E-state index is 0.0352. The number of hydrogen-bond donors (Lipinski definition) is 2. The van der Waals surface area contributed by atoms with Crippen LogP contribution in [-0.2, 0) is 19.4 Å². The van der Waals surface area contributed by atoms with Gasteiger partial charge in [-0.05, 0) is 36.8 Å². The van der Waals surface area contributed by atoms with E-state index in [0.717, 1.165) is 17.7 Å². The maximum absolute atomic E-state index is 13.5. The van der Waals surface area contributed by atoms with Crippen LogP contribution in [0.15, 0.2) is 47.4 Å². The molecule has 1 atom stereocenters. The van der Waals surface area contributed by atoms with Crippen LogP contribution in [0, 0.1) is 18.6 Å². The summed E-state index contributed by atoms with van der Waals surface area (Å²) in [5.41, 5.74) is 0.935. The number of rotatable bonds is 7. The van der Waals surface area contributed by atoms with Crippen molar-refractivity contribution in [1.29, 1.82) is 0 Å². The quantitative estimate of drug-likeness (QED) is 0.731. The van der Waals surface area contributed by atoms with Crippen LogP contribution in [0.3, 0.4) is 0 Å². The van der Waals surface area contributed by atoms with Gasteiger partial charge >= 0.3 is 0 Å². The molecule has 150 valence electrons. The summed E-state index contributed by atoms with van der Waals surface area (Å²) in [6, 6.07) is 7.74. The van der Waals surface area contributed by atoms with Crippen LogP contribution in [-0.4, -0.2) is 33.0 Å². The zero-order chi connectivity index (χ0) is 20.9. The fraction of sp³-hybridized carbons (Fsp3) is 0.263. The Kier molecular flexibility index (Phi) is 6.85. The molecule has 2 rings (SSSR count). The van der Waals surface area contributed by atoms with E-state index in [1.165, 1.54) is 25.2 Å². The zero-order valence-electron chi connectivity index (χ0n) is 15.3. The van der Waals surface area contributed by atoms with Gasteiger partial charge < -0.3 is 10.6 Å². The van der Waals surface area contributed by atoms with Crippen molar-refractivity contribution in [3.05, 3.63) is 65.2 Å². The second-order valence-electron chi connectivity index (χ2n) is 6.17. The fourth-order valence-corrected chi connectivity index (χ4v) is 3.70. The van der Waals surface area contributed by atoms with Crippen molar-refractivity contribution in [2.45, 2.75) is 24.3 Å². The lowest BCUT2D eigenvalue weighted by atomic mass is 10.1. The highest BCUT2D eigenvalue weighted by atomic mass is 32.2. The molecule has 0 saturated carbocycles. The third kappa shape index (κ3) is 5.35. The molecule has 28 heavy (non-hydrogen) atoms. The van der Waals surface area contributed by atoms with Crippen LogP contribution in [0.4, 0.5) is 8.78 Å². The molecule has 0 heterocycles. The van der Waals surface area contributed by atoms with Crippen molar-refractivity contribution in [1.82, 2.24) is 10.6 Å². The molecule has 0 aliphatic rings. The van der Waals surface area contributed by atoms with Gasteiger partial charge in [0, 0.05) is 13.5 Å². The Labute approximate surface area is 161 Å². The first kappa shape index (κ1) is 21.5. The summed E-state index contributed by atoms with van der Waals surface area (Å²) in [4.78, 5) is 24.3. The van der Waals surface area contributed by atoms with Crippen LogP contribution in [0.5, 0.6) is 0 Å². The molecule has 0 saturated heterocycles. The average Bonchev–Trinajstić information content (AvgIpc) is 2.66. The zero-order valence-corrected chi connectivity index (χ0v) is 16.1. The molecule has 0 fully saturated rings. The molecule has 6 nitrogen and oxygen atoms in total. The van der Waals surface area contributed by atoms with Crippen LogP contribution in [0.2, 0.25) is 0 Å². The smallest absolute Gasteiger partial charge is 0.246 e. The van der Waals surface area contributed by atoms with E-state index in [-0.39, 0.29) is 10.5 Å². The minimum Gasteiger partial charge on any atom is -0.357 e. The van der Waals surface area contributed by atoms with Gasteiger partial charge in [-0.3, -0.25) is 9.59 Å². The highest BCUT2D eigenvalue weighted by molar-refractivity contribution is 7.91. The van der Waals surface area contributed by atoms with Crippen molar-refractivity contribution in [3.8, 4) is 0 Å². The molecular formula is C19H20F2N2O4S. The normalized spacial score (nSPS) is 12.3. The van der Waals surface area contributed by atoms with Gasteiger partial charge in [-0.1, -0.05) is 23.8 Å². The van der Waals surface area contributed by atoms with Crippen LogP contribution >= 0.6 is 0 Å². The van der Waals surface area contributed by atoms with E-state index in [1.54, 1.807) is 12.1 Å². The van der Waals surface area contributed by atoms with Crippen molar-refractivity contribution in [3.63, 3.8) is 0 Å². The average molecular weight is 410 g/mol. The number of halogens is 2. The van der Waals surface area contributed by atoms with Gasteiger partial charge in [0.25, 0.3) is 0 Å². The standard InChI is InChI=1S/C19H20F2N2O4S/c1-12-3-6-14(7-4-12)28(26,27)10-9-17(24)23-18(19(25)22-2)13-5-8-15(20)16(21)11-13/h3-8,11,18H,9-10H2,1-2H3,(H,22,25)(H,23,24). The first-order valence-corrected chi connectivity index (χ1v) is 10.0. The molecule has 2 aromatic carbocycles.